The molecule has 0 atom stereocenters. The molecule has 0 spiro atoms. The van der Waals surface area contributed by atoms with Crippen LogP contribution in [-0.2, 0) is 9.13 Å². The van der Waals surface area contributed by atoms with E-state index in [1.54, 1.807) is 24.3 Å². The van der Waals surface area contributed by atoms with Crippen LogP contribution >= 0.6 is 11.9 Å². The van der Waals surface area contributed by atoms with Crippen LogP contribution in [0.15, 0.2) is 30.3 Å². The number of anilines is 1. The van der Waals surface area contributed by atoms with Crippen LogP contribution in [0.5, 0.6) is 0 Å². The average molecular weight is 188 g/mol. The standard InChI is InChI=1S/C7H6ClNO3/c8-11-7(10)12-9-6-4-2-1-3-5-6/h1-5,9H. The molecule has 0 bridgehead atoms. The molecule has 12 heavy (non-hydrogen) atoms. The average Bonchev–Trinajstić information content (AvgIpc) is 2.16. The number of hydrogen-bond donors (Lipinski definition) is 1. The van der Waals surface area contributed by atoms with Crippen molar-refractivity contribution in [3.8, 4) is 0 Å². The molecule has 0 fully saturated rings. The molecule has 0 saturated heterocycles. The van der Waals surface area contributed by atoms with Gasteiger partial charge in [0.15, 0.2) is 0 Å². The predicted octanol–water partition coefficient (Wildman–Crippen LogP) is 2.32. The van der Waals surface area contributed by atoms with Crippen LogP contribution in [0, 0.1) is 0 Å². The van der Waals surface area contributed by atoms with Gasteiger partial charge in [-0.1, -0.05) is 18.2 Å². The van der Waals surface area contributed by atoms with E-state index in [4.69, 9.17) is 11.9 Å². The van der Waals surface area contributed by atoms with Gasteiger partial charge in [0.2, 0.25) is 0 Å². The molecule has 1 rings (SSSR count). The highest BCUT2D eigenvalue weighted by molar-refractivity contribution is 6.12. The Morgan fingerprint density at radius 2 is 2.00 bits per heavy atom. The minimum absolute atomic E-state index is 0.638. The fraction of sp³-hybridized carbons (Fsp3) is 0. The molecule has 0 saturated carbocycles. The van der Waals surface area contributed by atoms with Gasteiger partial charge >= 0.3 is 6.16 Å². The minimum Gasteiger partial charge on any atom is -0.313 e. The van der Waals surface area contributed by atoms with Gasteiger partial charge in [0, 0.05) is 0 Å². The fourth-order valence-electron chi connectivity index (χ4n) is 0.623. The van der Waals surface area contributed by atoms with Crippen LogP contribution in [0.4, 0.5) is 10.5 Å². The maximum Gasteiger partial charge on any atom is 0.552 e. The van der Waals surface area contributed by atoms with Gasteiger partial charge in [0.05, 0.1) is 5.69 Å². The molecule has 1 N–H and O–H groups in total. The Kier molecular flexibility index (Phi) is 3.22. The molecule has 1 aromatic rings. The molecule has 0 aliphatic carbocycles. The molecule has 0 aliphatic heterocycles. The van der Waals surface area contributed by atoms with Gasteiger partial charge in [-0.3, -0.25) is 0 Å². The minimum atomic E-state index is -1.000. The first kappa shape index (κ1) is 8.67. The topological polar surface area (TPSA) is 47.6 Å². The largest absolute Gasteiger partial charge is 0.552 e. The SMILES string of the molecule is O=C(OCl)ONc1ccccc1. The molecule has 0 heterocycles. The molecular formula is C7H6ClNO3. The normalized spacial score (nSPS) is 8.75. The van der Waals surface area contributed by atoms with E-state index in [1.165, 1.54) is 0 Å². The van der Waals surface area contributed by atoms with Crippen molar-refractivity contribution in [1.29, 1.82) is 0 Å². The number of nitrogens with one attached hydrogen (secondary N) is 1. The van der Waals surface area contributed by atoms with E-state index in [1.807, 2.05) is 6.07 Å². The van der Waals surface area contributed by atoms with Gasteiger partial charge in [-0.25, -0.2) is 5.48 Å². The molecular weight excluding hydrogens is 182 g/mol. The molecule has 0 aromatic heterocycles. The summed E-state index contributed by atoms with van der Waals surface area (Å²) in [4.78, 5) is 14.7. The van der Waals surface area contributed by atoms with E-state index in [-0.39, 0.29) is 0 Å². The van der Waals surface area contributed by atoms with Crippen LogP contribution in [0.2, 0.25) is 0 Å². The molecule has 64 valence electrons. The second-order valence-electron chi connectivity index (χ2n) is 1.90. The highest BCUT2D eigenvalue weighted by Gasteiger charge is 2.00. The van der Waals surface area contributed by atoms with E-state index in [0.29, 0.717) is 5.69 Å². The highest BCUT2D eigenvalue weighted by Crippen LogP contribution is 2.04. The Hall–Kier alpha value is -1.42. The van der Waals surface area contributed by atoms with Crippen molar-refractivity contribution < 1.29 is 13.9 Å². The van der Waals surface area contributed by atoms with Crippen LogP contribution in [-0.4, -0.2) is 6.16 Å². The Morgan fingerprint density at radius 1 is 1.33 bits per heavy atom. The van der Waals surface area contributed by atoms with Gasteiger partial charge in [-0.2, -0.15) is 4.79 Å². The van der Waals surface area contributed by atoms with Crippen molar-refractivity contribution >= 4 is 23.7 Å². The Morgan fingerprint density at radius 3 is 2.58 bits per heavy atom. The summed E-state index contributed by atoms with van der Waals surface area (Å²) in [6, 6.07) is 8.86. The molecule has 1 aromatic carbocycles. The molecule has 0 amide bonds. The third-order valence-electron chi connectivity index (χ3n) is 1.09. The lowest BCUT2D eigenvalue weighted by Crippen LogP contribution is -2.07. The summed E-state index contributed by atoms with van der Waals surface area (Å²) < 4.78 is 3.72. The summed E-state index contributed by atoms with van der Waals surface area (Å²) in [5.41, 5.74) is 2.97. The van der Waals surface area contributed by atoms with Crippen molar-refractivity contribution in [2.75, 3.05) is 5.48 Å². The maximum atomic E-state index is 10.3. The number of hydrogen-bond acceptors (Lipinski definition) is 4. The van der Waals surface area contributed by atoms with E-state index in [0.717, 1.165) is 0 Å². The third kappa shape index (κ3) is 2.67. The first-order valence-corrected chi connectivity index (χ1v) is 3.44. The molecule has 5 heteroatoms. The number of para-hydroxylation sites is 1. The number of benzene rings is 1. The van der Waals surface area contributed by atoms with Crippen LogP contribution in [0.3, 0.4) is 0 Å². The van der Waals surface area contributed by atoms with E-state index in [2.05, 4.69) is 14.6 Å². The van der Waals surface area contributed by atoms with Crippen LogP contribution < -0.4 is 5.48 Å². The number of rotatable bonds is 2. The number of carbonyl (C=O) groups is 1. The smallest absolute Gasteiger partial charge is 0.313 e. The Balaban J connectivity index is 2.38. The lowest BCUT2D eigenvalue weighted by molar-refractivity contribution is 0.124. The van der Waals surface area contributed by atoms with Crippen molar-refractivity contribution in [2.24, 2.45) is 0 Å². The van der Waals surface area contributed by atoms with E-state index in [9.17, 15) is 4.79 Å². The van der Waals surface area contributed by atoms with Crippen molar-refractivity contribution in [3.63, 3.8) is 0 Å². The molecule has 4 nitrogen and oxygen atoms in total. The summed E-state index contributed by atoms with van der Waals surface area (Å²) in [5, 5.41) is 0. The maximum absolute atomic E-state index is 10.3. The van der Waals surface area contributed by atoms with Gasteiger partial charge in [0.1, 0.15) is 11.9 Å². The summed E-state index contributed by atoms with van der Waals surface area (Å²) in [5.74, 6) is 0. The summed E-state index contributed by atoms with van der Waals surface area (Å²) in [6.07, 6.45) is -1.000. The van der Waals surface area contributed by atoms with E-state index >= 15 is 0 Å². The number of carbonyl (C=O) groups excluding carboxylic acids is 1. The zero-order valence-electron chi connectivity index (χ0n) is 5.99. The van der Waals surface area contributed by atoms with Crippen molar-refractivity contribution in [3.05, 3.63) is 30.3 Å². The lowest BCUT2D eigenvalue weighted by Gasteiger charge is -2.02. The van der Waals surface area contributed by atoms with Gasteiger partial charge < -0.3 is 9.13 Å². The zero-order valence-corrected chi connectivity index (χ0v) is 6.75. The van der Waals surface area contributed by atoms with Crippen LogP contribution in [0.25, 0.3) is 0 Å². The van der Waals surface area contributed by atoms with Crippen LogP contribution in [0.1, 0.15) is 0 Å². The van der Waals surface area contributed by atoms with Crippen molar-refractivity contribution in [1.82, 2.24) is 0 Å². The van der Waals surface area contributed by atoms with Crippen molar-refractivity contribution in [2.45, 2.75) is 0 Å². The monoisotopic (exact) mass is 187 g/mol. The molecule has 0 radical (unpaired) electrons. The molecule has 0 aliphatic rings. The first-order valence-electron chi connectivity index (χ1n) is 3.13. The Bertz CT molecular complexity index is 252. The predicted molar refractivity (Wildman–Crippen MR) is 43.5 cm³/mol. The quantitative estimate of drug-likeness (QED) is 0.722. The molecule has 0 unspecified atom stereocenters. The van der Waals surface area contributed by atoms with Gasteiger partial charge in [0.25, 0.3) is 0 Å². The lowest BCUT2D eigenvalue weighted by atomic mass is 10.3. The van der Waals surface area contributed by atoms with E-state index < -0.39 is 6.16 Å². The second kappa shape index (κ2) is 4.46. The fourth-order valence-corrected chi connectivity index (χ4v) is 0.654. The second-order valence-corrected chi connectivity index (χ2v) is 2.05. The first-order chi connectivity index (χ1) is 5.83. The third-order valence-corrected chi connectivity index (χ3v) is 1.21. The zero-order chi connectivity index (χ0) is 8.81. The summed E-state index contributed by atoms with van der Waals surface area (Å²) >= 11 is 4.70. The highest BCUT2D eigenvalue weighted by atomic mass is 35.5. The summed E-state index contributed by atoms with van der Waals surface area (Å²) in [6.45, 7) is 0. The summed E-state index contributed by atoms with van der Waals surface area (Å²) in [7, 11) is 0. The van der Waals surface area contributed by atoms with Gasteiger partial charge in [-0.15, -0.1) is 0 Å². The van der Waals surface area contributed by atoms with Gasteiger partial charge in [-0.05, 0) is 12.1 Å². The number of halogens is 1. The Labute approximate surface area is 74.2 Å².